The number of pyridine rings is 2. The van der Waals surface area contributed by atoms with Crippen LogP contribution in [0.1, 0.15) is 67.9 Å². The molecule has 3 heterocycles. The molecule has 1 saturated carbocycles. The number of ketones is 1. The minimum absolute atomic E-state index is 0.0132. The molecular weight excluding hydrogens is 404 g/mol. The van der Waals surface area contributed by atoms with Gasteiger partial charge in [-0.15, -0.1) is 0 Å². The van der Waals surface area contributed by atoms with Crippen LogP contribution < -0.4 is 10.2 Å². The maximum absolute atomic E-state index is 12.6. The van der Waals surface area contributed by atoms with Crippen molar-refractivity contribution in [2.45, 2.75) is 52.0 Å². The van der Waals surface area contributed by atoms with E-state index in [4.69, 9.17) is 21.1 Å². The van der Waals surface area contributed by atoms with Gasteiger partial charge in [-0.2, -0.15) is 0 Å². The molecule has 1 aliphatic carbocycles. The van der Waals surface area contributed by atoms with Crippen LogP contribution in [0.3, 0.4) is 0 Å². The van der Waals surface area contributed by atoms with Crippen molar-refractivity contribution in [3.05, 3.63) is 44.8 Å². The highest BCUT2D eigenvalue weighted by Crippen LogP contribution is 2.59. The number of Topliss-reactive ketones (excluding diaryl/α,β-unsaturated/α-hetero) is 1. The van der Waals surface area contributed by atoms with E-state index in [1.807, 2.05) is 6.07 Å². The van der Waals surface area contributed by atoms with Gasteiger partial charge >= 0.3 is 0 Å². The number of halogens is 1. The van der Waals surface area contributed by atoms with E-state index < -0.39 is 0 Å². The summed E-state index contributed by atoms with van der Waals surface area (Å²) >= 11 is 6.45. The Bertz CT molecular complexity index is 1060. The zero-order valence-electron chi connectivity index (χ0n) is 17.8. The van der Waals surface area contributed by atoms with E-state index >= 15 is 0 Å². The molecule has 7 heteroatoms. The quantitative estimate of drug-likeness (QED) is 0.379. The molecule has 160 valence electrons. The average molecular weight is 431 g/mol. The fourth-order valence-electron chi connectivity index (χ4n) is 4.97. The van der Waals surface area contributed by atoms with Crippen LogP contribution in [-0.4, -0.2) is 35.7 Å². The van der Waals surface area contributed by atoms with Gasteiger partial charge in [0, 0.05) is 44.4 Å². The lowest BCUT2D eigenvalue weighted by atomic mass is 9.79. The molecule has 2 aromatic rings. The van der Waals surface area contributed by atoms with Gasteiger partial charge in [-0.3, -0.25) is 9.59 Å². The number of carbonyl (C=O) groups excluding carboxylic acids is 1. The van der Waals surface area contributed by atoms with Crippen molar-refractivity contribution in [2.75, 3.05) is 20.3 Å². The van der Waals surface area contributed by atoms with E-state index in [1.54, 1.807) is 13.3 Å². The van der Waals surface area contributed by atoms with E-state index in [1.165, 1.54) is 13.0 Å². The van der Waals surface area contributed by atoms with Crippen LogP contribution in [0.25, 0.3) is 11.4 Å². The first-order valence-corrected chi connectivity index (χ1v) is 10.7. The number of fused-ring (bicyclic) bond motifs is 6. The number of nitrogens with zero attached hydrogens (tertiary/aromatic N) is 2. The van der Waals surface area contributed by atoms with E-state index in [9.17, 15) is 9.59 Å². The Kier molecular flexibility index (Phi) is 5.49. The molecule has 0 aromatic carbocycles. The van der Waals surface area contributed by atoms with Crippen LogP contribution in [0, 0.1) is 5.41 Å². The van der Waals surface area contributed by atoms with Crippen LogP contribution in [0.5, 0.6) is 5.75 Å². The van der Waals surface area contributed by atoms with Gasteiger partial charge in [0.1, 0.15) is 0 Å². The Labute approximate surface area is 181 Å². The number of hydrogen-bond acceptors (Lipinski definition) is 5. The first-order valence-electron chi connectivity index (χ1n) is 10.3. The third-order valence-corrected chi connectivity index (χ3v) is 6.68. The highest BCUT2D eigenvalue weighted by atomic mass is 35.5. The lowest BCUT2D eigenvalue weighted by Gasteiger charge is -2.39. The van der Waals surface area contributed by atoms with E-state index in [2.05, 4.69) is 23.4 Å². The van der Waals surface area contributed by atoms with Gasteiger partial charge in [0.25, 0.3) is 0 Å². The Hall–Kier alpha value is -2.18. The Balaban J connectivity index is 1.86. The highest BCUT2D eigenvalue weighted by molar-refractivity contribution is 6.31. The lowest BCUT2D eigenvalue weighted by molar-refractivity contribution is 0.101. The van der Waals surface area contributed by atoms with Crippen LogP contribution >= 0.6 is 11.6 Å². The molecule has 2 aromatic heterocycles. The summed E-state index contributed by atoms with van der Waals surface area (Å²) in [6.07, 6.45) is 4.51. The van der Waals surface area contributed by atoms with Gasteiger partial charge in [0.2, 0.25) is 0 Å². The summed E-state index contributed by atoms with van der Waals surface area (Å²) in [5.41, 5.74) is 2.42. The third-order valence-electron chi connectivity index (χ3n) is 6.41. The van der Waals surface area contributed by atoms with Gasteiger partial charge in [-0.05, 0) is 36.8 Å². The van der Waals surface area contributed by atoms with Crippen molar-refractivity contribution in [1.29, 1.82) is 0 Å². The van der Waals surface area contributed by atoms with Crippen LogP contribution in [0.4, 0.5) is 0 Å². The normalized spacial score (nSPS) is 21.0. The van der Waals surface area contributed by atoms with Crippen molar-refractivity contribution in [1.82, 2.24) is 9.55 Å². The summed E-state index contributed by atoms with van der Waals surface area (Å²) in [5, 5.41) is 0.275. The highest BCUT2D eigenvalue weighted by Gasteiger charge is 2.48. The van der Waals surface area contributed by atoms with Crippen molar-refractivity contribution in [2.24, 2.45) is 5.41 Å². The molecule has 2 aliphatic rings. The van der Waals surface area contributed by atoms with Crippen molar-refractivity contribution >= 4 is 17.4 Å². The molecule has 2 atom stereocenters. The molecule has 0 amide bonds. The minimum atomic E-state index is -0.285. The Morgan fingerprint density at radius 3 is 2.80 bits per heavy atom. The Morgan fingerprint density at radius 1 is 1.33 bits per heavy atom. The summed E-state index contributed by atoms with van der Waals surface area (Å²) in [5.74, 6) is 0.557. The second-order valence-corrected chi connectivity index (χ2v) is 9.25. The standard InChI is InChI=1S/C23H27ClN2O4/c1-13(27)16-12-26-17(11-18(16)28)20-15(14-6-7-23(2,3)21(14)26)10-19(22(24)25-20)30-9-5-8-29-4/h10-12,14,21H,5-9H2,1-4H3/t14-,21+/m1/s1. The summed E-state index contributed by atoms with van der Waals surface area (Å²) < 4.78 is 13.0. The SMILES string of the molecule is COCCCOc1cc2c(nc1Cl)-c1cc(=O)c(C(C)=O)cn1[C@H]1[C@@H]2CCC1(C)C. The summed E-state index contributed by atoms with van der Waals surface area (Å²) in [6, 6.07) is 3.65. The van der Waals surface area contributed by atoms with Crippen LogP contribution in [0.15, 0.2) is 23.1 Å². The fourth-order valence-corrected chi connectivity index (χ4v) is 5.16. The van der Waals surface area contributed by atoms with Gasteiger partial charge in [-0.25, -0.2) is 4.98 Å². The zero-order chi connectivity index (χ0) is 21.6. The number of carbonyl (C=O) groups is 1. The fraction of sp³-hybridized carbons (Fsp3) is 0.522. The molecule has 0 unspecified atom stereocenters. The summed E-state index contributed by atoms with van der Waals surface area (Å²) in [6.45, 7) is 7.02. The molecule has 0 N–H and O–H groups in total. The molecule has 6 nitrogen and oxygen atoms in total. The molecule has 1 fully saturated rings. The third kappa shape index (κ3) is 3.46. The van der Waals surface area contributed by atoms with Gasteiger partial charge in [0.15, 0.2) is 22.1 Å². The largest absolute Gasteiger partial charge is 0.490 e. The number of rotatable bonds is 6. The first-order chi connectivity index (χ1) is 14.2. The zero-order valence-corrected chi connectivity index (χ0v) is 18.6. The minimum Gasteiger partial charge on any atom is -0.490 e. The van der Waals surface area contributed by atoms with Crippen LogP contribution in [0.2, 0.25) is 5.15 Å². The van der Waals surface area contributed by atoms with Crippen molar-refractivity contribution in [3.8, 4) is 17.1 Å². The molecule has 0 spiro atoms. The average Bonchev–Trinajstić information content (AvgIpc) is 3.01. The predicted octanol–water partition coefficient (Wildman–Crippen LogP) is 4.64. The topological polar surface area (TPSA) is 70.4 Å². The first kappa shape index (κ1) is 21.1. The van der Waals surface area contributed by atoms with Crippen LogP contribution in [-0.2, 0) is 4.74 Å². The molecule has 30 heavy (non-hydrogen) atoms. The van der Waals surface area contributed by atoms with Crippen molar-refractivity contribution in [3.63, 3.8) is 0 Å². The summed E-state index contributed by atoms with van der Waals surface area (Å²) in [7, 11) is 1.66. The van der Waals surface area contributed by atoms with Crippen molar-refractivity contribution < 1.29 is 14.3 Å². The Morgan fingerprint density at radius 2 is 2.10 bits per heavy atom. The number of ether oxygens (including phenoxy) is 2. The second-order valence-electron chi connectivity index (χ2n) is 8.89. The molecule has 0 bridgehead atoms. The molecular formula is C23H27ClN2O4. The molecule has 4 rings (SSSR count). The van der Waals surface area contributed by atoms with Gasteiger partial charge < -0.3 is 14.0 Å². The van der Waals surface area contributed by atoms with E-state index in [-0.39, 0.29) is 39.3 Å². The summed E-state index contributed by atoms with van der Waals surface area (Å²) in [4.78, 5) is 29.3. The number of methoxy groups -OCH3 is 1. The predicted molar refractivity (Wildman–Crippen MR) is 116 cm³/mol. The lowest BCUT2D eigenvalue weighted by Crippen LogP contribution is -2.32. The molecule has 1 aliphatic heterocycles. The van der Waals surface area contributed by atoms with Gasteiger partial charge in [-0.1, -0.05) is 25.4 Å². The molecule has 0 saturated heterocycles. The molecule has 0 radical (unpaired) electrons. The van der Waals surface area contributed by atoms with E-state index in [0.717, 1.165) is 24.8 Å². The smallest absolute Gasteiger partial charge is 0.193 e. The monoisotopic (exact) mass is 430 g/mol. The number of hydrogen-bond donors (Lipinski definition) is 0. The van der Waals surface area contributed by atoms with E-state index in [0.29, 0.717) is 30.4 Å². The maximum atomic E-state index is 12.6. The number of aromatic nitrogens is 2. The second kappa shape index (κ2) is 7.82. The maximum Gasteiger partial charge on any atom is 0.193 e. The van der Waals surface area contributed by atoms with Gasteiger partial charge in [0.05, 0.1) is 23.6 Å².